The Bertz CT molecular complexity index is 597. The largest absolute Gasteiger partial charge is 0.382 e. The van der Waals surface area contributed by atoms with Crippen LogP contribution in [0.15, 0.2) is 24.5 Å². The van der Waals surface area contributed by atoms with Crippen molar-refractivity contribution in [2.24, 2.45) is 0 Å². The fraction of sp³-hybridized carbons (Fsp3) is 0.467. The predicted molar refractivity (Wildman–Crippen MR) is 88.7 cm³/mol. The summed E-state index contributed by atoms with van der Waals surface area (Å²) in [4.78, 5) is 8.93. The summed E-state index contributed by atoms with van der Waals surface area (Å²) >= 11 is 1.50. The van der Waals surface area contributed by atoms with Crippen molar-refractivity contribution in [2.45, 2.75) is 19.4 Å². The second-order valence-corrected chi connectivity index (χ2v) is 6.39. The Hall–Kier alpha value is -1.66. The van der Waals surface area contributed by atoms with Crippen LogP contribution in [0.5, 0.6) is 0 Å². The van der Waals surface area contributed by atoms with E-state index in [1.165, 1.54) is 16.5 Å². The summed E-state index contributed by atoms with van der Waals surface area (Å²) in [5, 5.41) is 1.18. The van der Waals surface area contributed by atoms with E-state index in [-0.39, 0.29) is 0 Å². The van der Waals surface area contributed by atoms with Gasteiger partial charge in [0.2, 0.25) is 0 Å². The van der Waals surface area contributed by atoms with Crippen LogP contribution in [0, 0.1) is 0 Å². The van der Waals surface area contributed by atoms with Gasteiger partial charge in [-0.1, -0.05) is 0 Å². The summed E-state index contributed by atoms with van der Waals surface area (Å²) in [6, 6.07) is 4.45. The van der Waals surface area contributed by atoms with Gasteiger partial charge in [0.15, 0.2) is 0 Å². The van der Waals surface area contributed by atoms with Gasteiger partial charge in [-0.3, -0.25) is 4.98 Å². The van der Waals surface area contributed by atoms with Crippen molar-refractivity contribution in [3.05, 3.63) is 24.5 Å². The molecule has 1 atom stereocenters. The number of hydrogen-bond donors (Lipinski definition) is 1. The van der Waals surface area contributed by atoms with Crippen molar-refractivity contribution in [3.8, 4) is 11.1 Å². The van der Waals surface area contributed by atoms with E-state index < -0.39 is 0 Å². The van der Waals surface area contributed by atoms with Crippen molar-refractivity contribution < 1.29 is 0 Å². The lowest BCUT2D eigenvalue weighted by Gasteiger charge is -2.29. The van der Waals surface area contributed by atoms with Crippen molar-refractivity contribution >= 4 is 22.4 Å². The zero-order valence-corrected chi connectivity index (χ0v) is 13.3. The highest BCUT2D eigenvalue weighted by atomic mass is 32.1. The van der Waals surface area contributed by atoms with Gasteiger partial charge in [0.1, 0.15) is 10.8 Å². The van der Waals surface area contributed by atoms with Crippen molar-refractivity contribution in [1.82, 2.24) is 14.3 Å². The molecule has 0 bridgehead atoms. The number of rotatable bonds is 2. The molecule has 2 N–H and O–H groups in total. The number of hydrogen-bond acceptors (Lipinski definition) is 6. The minimum Gasteiger partial charge on any atom is -0.382 e. The first-order chi connectivity index (χ1) is 10.2. The number of anilines is 2. The topological polar surface area (TPSA) is 58.3 Å². The minimum atomic E-state index is 0.456. The molecular weight excluding hydrogens is 282 g/mol. The molecule has 0 spiro atoms. The Labute approximate surface area is 129 Å². The summed E-state index contributed by atoms with van der Waals surface area (Å²) in [5.74, 6) is 0.617. The molecule has 0 radical (unpaired) electrons. The van der Waals surface area contributed by atoms with Gasteiger partial charge in [0.05, 0.1) is 5.56 Å². The maximum atomic E-state index is 6.13. The van der Waals surface area contributed by atoms with E-state index in [1.807, 2.05) is 12.1 Å². The molecule has 6 heteroatoms. The lowest BCUT2D eigenvalue weighted by Crippen LogP contribution is -2.37. The Morgan fingerprint density at radius 2 is 2.05 bits per heavy atom. The smallest absolute Gasteiger partial charge is 0.147 e. The molecule has 0 amide bonds. The highest BCUT2D eigenvalue weighted by molar-refractivity contribution is 7.11. The van der Waals surface area contributed by atoms with Gasteiger partial charge in [-0.05, 0) is 56.2 Å². The second-order valence-electron chi connectivity index (χ2n) is 5.64. The fourth-order valence-electron chi connectivity index (χ4n) is 2.95. The van der Waals surface area contributed by atoms with E-state index in [0.717, 1.165) is 37.2 Å². The molecule has 5 nitrogen and oxygen atoms in total. The van der Waals surface area contributed by atoms with Gasteiger partial charge in [0, 0.05) is 31.5 Å². The summed E-state index contributed by atoms with van der Waals surface area (Å²) < 4.78 is 4.40. The van der Waals surface area contributed by atoms with E-state index in [2.05, 4.69) is 33.1 Å². The van der Waals surface area contributed by atoms with Crippen LogP contribution in [0.1, 0.15) is 13.3 Å². The maximum Gasteiger partial charge on any atom is 0.147 e. The van der Waals surface area contributed by atoms with Crippen LogP contribution in [0.3, 0.4) is 0 Å². The molecule has 0 saturated carbocycles. The maximum absolute atomic E-state index is 6.13. The Balaban J connectivity index is 1.99. The number of likely N-dealkylation sites (N-methyl/N-ethyl adjacent to an activating group) is 1. The van der Waals surface area contributed by atoms with E-state index in [1.54, 1.807) is 12.4 Å². The molecule has 3 rings (SSSR count). The third kappa shape index (κ3) is 2.87. The lowest BCUT2D eigenvalue weighted by atomic mass is 10.1. The summed E-state index contributed by atoms with van der Waals surface area (Å²) in [7, 11) is 2.19. The summed E-state index contributed by atoms with van der Waals surface area (Å²) in [6.07, 6.45) is 4.76. The second kappa shape index (κ2) is 5.99. The molecule has 21 heavy (non-hydrogen) atoms. The molecule has 2 aromatic heterocycles. The van der Waals surface area contributed by atoms with E-state index in [0.29, 0.717) is 11.9 Å². The molecule has 112 valence electrons. The number of aromatic nitrogens is 2. The molecular formula is C15H21N5S. The predicted octanol–water partition coefficient (Wildman–Crippen LogP) is 2.32. The first kappa shape index (κ1) is 14.3. The molecule has 0 aliphatic carbocycles. The first-order valence-corrected chi connectivity index (χ1v) is 8.05. The SMILES string of the molecule is CC1CN(C)CCCN1c1snc(N)c1-c1ccncc1. The average molecular weight is 303 g/mol. The Morgan fingerprint density at radius 1 is 1.29 bits per heavy atom. The molecule has 3 heterocycles. The zero-order chi connectivity index (χ0) is 14.8. The number of nitrogens with zero attached hydrogens (tertiary/aromatic N) is 4. The Morgan fingerprint density at radius 3 is 2.81 bits per heavy atom. The lowest BCUT2D eigenvalue weighted by molar-refractivity contribution is 0.337. The quantitative estimate of drug-likeness (QED) is 0.922. The van der Waals surface area contributed by atoms with E-state index in [4.69, 9.17) is 5.73 Å². The molecule has 1 aliphatic heterocycles. The molecule has 0 aromatic carbocycles. The van der Waals surface area contributed by atoms with Crippen LogP contribution in [0.25, 0.3) is 11.1 Å². The van der Waals surface area contributed by atoms with Gasteiger partial charge in [-0.2, -0.15) is 4.37 Å². The molecule has 1 fully saturated rings. The monoisotopic (exact) mass is 303 g/mol. The highest BCUT2D eigenvalue weighted by Gasteiger charge is 2.25. The van der Waals surface area contributed by atoms with Crippen molar-refractivity contribution in [3.63, 3.8) is 0 Å². The van der Waals surface area contributed by atoms with E-state index >= 15 is 0 Å². The first-order valence-electron chi connectivity index (χ1n) is 7.27. The van der Waals surface area contributed by atoms with Crippen LogP contribution >= 0.6 is 11.5 Å². The average Bonchev–Trinajstić information content (AvgIpc) is 2.77. The Kier molecular flexibility index (Phi) is 4.07. The highest BCUT2D eigenvalue weighted by Crippen LogP contribution is 2.40. The summed E-state index contributed by atoms with van der Waals surface area (Å²) in [5.41, 5.74) is 8.28. The van der Waals surface area contributed by atoms with E-state index in [9.17, 15) is 0 Å². The fourth-order valence-corrected chi connectivity index (χ4v) is 3.92. The minimum absolute atomic E-state index is 0.456. The number of pyridine rings is 1. The normalized spacial score (nSPS) is 20.5. The van der Waals surface area contributed by atoms with Gasteiger partial charge in [-0.15, -0.1) is 0 Å². The van der Waals surface area contributed by atoms with Crippen LogP contribution < -0.4 is 10.6 Å². The third-order valence-corrected chi connectivity index (χ3v) is 4.88. The van der Waals surface area contributed by atoms with Crippen LogP contribution in [-0.4, -0.2) is 47.0 Å². The van der Waals surface area contributed by atoms with Gasteiger partial charge in [-0.25, -0.2) is 0 Å². The van der Waals surface area contributed by atoms with Gasteiger partial charge >= 0.3 is 0 Å². The molecule has 1 aliphatic rings. The zero-order valence-electron chi connectivity index (χ0n) is 12.5. The third-order valence-electron chi connectivity index (χ3n) is 3.98. The molecule has 1 unspecified atom stereocenters. The molecule has 1 saturated heterocycles. The van der Waals surface area contributed by atoms with Gasteiger partial charge < -0.3 is 15.5 Å². The summed E-state index contributed by atoms with van der Waals surface area (Å²) in [6.45, 7) is 5.52. The van der Waals surface area contributed by atoms with Gasteiger partial charge in [0.25, 0.3) is 0 Å². The van der Waals surface area contributed by atoms with Crippen molar-refractivity contribution in [2.75, 3.05) is 37.3 Å². The molecule has 2 aromatic rings. The standard InChI is InChI=1S/C15H21N5S/c1-11-10-19(2)8-3-9-20(11)15-13(14(16)18-21-15)12-4-6-17-7-5-12/h4-7,11H,3,8-10H2,1-2H3,(H2,16,18). The number of nitrogens with two attached hydrogens (primary N) is 1. The van der Waals surface area contributed by atoms with Crippen molar-refractivity contribution in [1.29, 1.82) is 0 Å². The number of nitrogen functional groups attached to an aromatic ring is 1. The van der Waals surface area contributed by atoms with Crippen LogP contribution in [0.4, 0.5) is 10.8 Å². The van der Waals surface area contributed by atoms with Crippen LogP contribution in [0.2, 0.25) is 0 Å². The van der Waals surface area contributed by atoms with Crippen LogP contribution in [-0.2, 0) is 0 Å².